The Morgan fingerprint density at radius 2 is 2.12 bits per heavy atom. The van der Waals surface area contributed by atoms with Crippen LogP contribution >= 0.6 is 11.6 Å². The average molecular weight is 263 g/mol. The van der Waals surface area contributed by atoms with Gasteiger partial charge in [-0.2, -0.15) is 0 Å². The summed E-state index contributed by atoms with van der Waals surface area (Å²) in [7, 11) is -3.12. The predicted octanol–water partition coefficient (Wildman–Crippen LogP) is 1.97. The Balaban J connectivity index is 2.77. The summed E-state index contributed by atoms with van der Waals surface area (Å²) in [6.45, 7) is 3.58. The third-order valence-corrected chi connectivity index (χ3v) is 4.90. The van der Waals surface area contributed by atoms with Crippen molar-refractivity contribution in [2.75, 3.05) is 18.1 Å². The first-order valence-corrected chi connectivity index (χ1v) is 7.05. The minimum Gasteiger partial charge on any atom is -0.367 e. The van der Waals surface area contributed by atoms with Gasteiger partial charge in [0.05, 0.1) is 9.77 Å². The van der Waals surface area contributed by atoms with Crippen LogP contribution in [0.3, 0.4) is 0 Å². The number of nitrogens with zero attached hydrogens (tertiary/aromatic N) is 1. The van der Waals surface area contributed by atoms with E-state index < -0.39 is 14.6 Å². The highest BCUT2D eigenvalue weighted by atomic mass is 35.5. The first-order chi connectivity index (χ1) is 7.24. The first kappa shape index (κ1) is 13.3. The van der Waals surface area contributed by atoms with Crippen LogP contribution in [0.25, 0.3) is 0 Å². The molecule has 1 aromatic rings. The highest BCUT2D eigenvalue weighted by molar-refractivity contribution is 7.92. The largest absolute Gasteiger partial charge is 0.367 e. The fraction of sp³-hybridized carbons (Fsp3) is 0.500. The van der Waals surface area contributed by atoms with Crippen LogP contribution in [0, 0.1) is 0 Å². The van der Waals surface area contributed by atoms with Gasteiger partial charge in [-0.25, -0.2) is 13.4 Å². The molecule has 0 atom stereocenters. The van der Waals surface area contributed by atoms with E-state index in [9.17, 15) is 8.42 Å². The first-order valence-electron chi connectivity index (χ1n) is 4.78. The van der Waals surface area contributed by atoms with Crippen LogP contribution < -0.4 is 5.32 Å². The Labute approximate surface area is 101 Å². The highest BCUT2D eigenvalue weighted by Gasteiger charge is 2.30. The molecule has 0 saturated carbocycles. The number of rotatable bonds is 4. The number of aromatic nitrogens is 1. The summed E-state index contributed by atoms with van der Waals surface area (Å²) >= 11 is 5.89. The molecular formula is C10H15ClN2O2S. The fourth-order valence-electron chi connectivity index (χ4n) is 0.943. The SMILES string of the molecule is CC(C)(CNc1ncccc1Cl)S(C)(=O)=O. The molecule has 1 heterocycles. The van der Waals surface area contributed by atoms with Crippen molar-refractivity contribution in [1.29, 1.82) is 0 Å². The van der Waals surface area contributed by atoms with E-state index in [1.165, 1.54) is 6.26 Å². The molecule has 1 aromatic heterocycles. The van der Waals surface area contributed by atoms with Crippen molar-refractivity contribution in [3.05, 3.63) is 23.4 Å². The van der Waals surface area contributed by atoms with Gasteiger partial charge in [-0.15, -0.1) is 0 Å². The lowest BCUT2D eigenvalue weighted by Crippen LogP contribution is -2.38. The van der Waals surface area contributed by atoms with Gasteiger partial charge in [0.2, 0.25) is 0 Å². The third-order valence-electron chi connectivity index (χ3n) is 2.44. The monoisotopic (exact) mass is 262 g/mol. The van der Waals surface area contributed by atoms with Gasteiger partial charge in [-0.05, 0) is 26.0 Å². The molecule has 90 valence electrons. The molecule has 0 saturated heterocycles. The zero-order chi connectivity index (χ0) is 12.4. The van der Waals surface area contributed by atoms with E-state index in [2.05, 4.69) is 10.3 Å². The molecule has 0 unspecified atom stereocenters. The van der Waals surface area contributed by atoms with Crippen LogP contribution in [0.1, 0.15) is 13.8 Å². The molecule has 0 spiro atoms. The van der Waals surface area contributed by atoms with E-state index in [1.807, 2.05) is 0 Å². The summed E-state index contributed by atoms with van der Waals surface area (Å²) in [6.07, 6.45) is 2.82. The van der Waals surface area contributed by atoms with Crippen molar-refractivity contribution in [2.24, 2.45) is 0 Å². The quantitative estimate of drug-likeness (QED) is 0.901. The van der Waals surface area contributed by atoms with Crippen molar-refractivity contribution < 1.29 is 8.42 Å². The van der Waals surface area contributed by atoms with Crippen LogP contribution in [-0.4, -0.2) is 30.9 Å². The molecule has 4 nitrogen and oxygen atoms in total. The smallest absolute Gasteiger partial charge is 0.154 e. The number of halogens is 1. The lowest BCUT2D eigenvalue weighted by atomic mass is 10.2. The normalized spacial score (nSPS) is 12.5. The molecular weight excluding hydrogens is 248 g/mol. The molecule has 16 heavy (non-hydrogen) atoms. The van der Waals surface area contributed by atoms with Gasteiger partial charge in [0.25, 0.3) is 0 Å². The van der Waals surface area contributed by atoms with E-state index in [0.717, 1.165) is 0 Å². The van der Waals surface area contributed by atoms with Crippen molar-refractivity contribution in [2.45, 2.75) is 18.6 Å². The zero-order valence-electron chi connectivity index (χ0n) is 9.49. The summed E-state index contributed by atoms with van der Waals surface area (Å²) < 4.78 is 22.1. The topological polar surface area (TPSA) is 59.1 Å². The Kier molecular flexibility index (Phi) is 3.80. The standard InChI is InChI=1S/C10H15ClN2O2S/c1-10(2,16(3,14)15)7-13-9-8(11)5-4-6-12-9/h4-6H,7H2,1-3H3,(H,12,13). The molecule has 0 bridgehead atoms. The van der Waals surface area contributed by atoms with Crippen molar-refractivity contribution in [3.63, 3.8) is 0 Å². The average Bonchev–Trinajstić information content (AvgIpc) is 2.15. The van der Waals surface area contributed by atoms with Crippen LogP contribution in [0.15, 0.2) is 18.3 Å². The molecule has 6 heteroatoms. The molecule has 1 N–H and O–H groups in total. The molecule has 0 radical (unpaired) electrons. The second kappa shape index (κ2) is 4.59. The minimum atomic E-state index is -3.12. The van der Waals surface area contributed by atoms with Crippen molar-refractivity contribution in [1.82, 2.24) is 4.98 Å². The maximum absolute atomic E-state index is 11.5. The second-order valence-electron chi connectivity index (χ2n) is 4.22. The van der Waals surface area contributed by atoms with E-state index in [-0.39, 0.29) is 6.54 Å². The molecule has 0 aliphatic rings. The number of hydrogen-bond donors (Lipinski definition) is 1. The van der Waals surface area contributed by atoms with Gasteiger partial charge < -0.3 is 5.32 Å². The Morgan fingerprint density at radius 3 is 2.62 bits per heavy atom. The van der Waals surface area contributed by atoms with Gasteiger partial charge in [0.1, 0.15) is 5.82 Å². The summed E-state index contributed by atoms with van der Waals surface area (Å²) in [5, 5.41) is 3.42. The maximum Gasteiger partial charge on any atom is 0.154 e. The van der Waals surface area contributed by atoms with Gasteiger partial charge in [-0.1, -0.05) is 11.6 Å². The molecule has 0 fully saturated rings. The summed E-state index contributed by atoms with van der Waals surface area (Å²) in [5.74, 6) is 0.501. The van der Waals surface area contributed by atoms with E-state index in [1.54, 1.807) is 32.2 Å². The lowest BCUT2D eigenvalue weighted by Gasteiger charge is -2.23. The Morgan fingerprint density at radius 1 is 1.50 bits per heavy atom. The predicted molar refractivity (Wildman–Crippen MR) is 66.7 cm³/mol. The molecule has 1 rings (SSSR count). The number of sulfone groups is 1. The lowest BCUT2D eigenvalue weighted by molar-refractivity contribution is 0.559. The zero-order valence-corrected chi connectivity index (χ0v) is 11.1. The van der Waals surface area contributed by atoms with Crippen LogP contribution in [0.4, 0.5) is 5.82 Å². The highest BCUT2D eigenvalue weighted by Crippen LogP contribution is 2.20. The summed E-state index contributed by atoms with van der Waals surface area (Å²) in [6, 6.07) is 3.42. The van der Waals surface area contributed by atoms with E-state index >= 15 is 0 Å². The van der Waals surface area contributed by atoms with Crippen molar-refractivity contribution in [3.8, 4) is 0 Å². The number of hydrogen-bond acceptors (Lipinski definition) is 4. The van der Waals surface area contributed by atoms with E-state index in [4.69, 9.17) is 11.6 Å². The molecule has 0 aromatic carbocycles. The molecule has 0 aliphatic heterocycles. The van der Waals surface area contributed by atoms with Crippen LogP contribution in [-0.2, 0) is 9.84 Å². The van der Waals surface area contributed by atoms with Crippen LogP contribution in [0.2, 0.25) is 5.02 Å². The van der Waals surface area contributed by atoms with Gasteiger partial charge in [0, 0.05) is 19.0 Å². The van der Waals surface area contributed by atoms with Gasteiger partial charge in [-0.3, -0.25) is 0 Å². The maximum atomic E-state index is 11.5. The van der Waals surface area contributed by atoms with Crippen LogP contribution in [0.5, 0.6) is 0 Å². The molecule has 0 amide bonds. The van der Waals surface area contributed by atoms with Gasteiger partial charge in [0.15, 0.2) is 9.84 Å². The Hall–Kier alpha value is -0.810. The Bertz CT molecular complexity index is 471. The van der Waals surface area contributed by atoms with Crippen molar-refractivity contribution >= 4 is 27.3 Å². The second-order valence-corrected chi connectivity index (χ2v) is 7.28. The summed E-state index contributed by atoms with van der Waals surface area (Å²) in [4.78, 5) is 4.03. The van der Waals surface area contributed by atoms with E-state index in [0.29, 0.717) is 10.8 Å². The summed E-state index contributed by atoms with van der Waals surface area (Å²) in [5.41, 5.74) is 0. The fourth-order valence-corrected chi connectivity index (χ4v) is 1.47. The number of nitrogens with one attached hydrogen (secondary N) is 1. The van der Waals surface area contributed by atoms with Gasteiger partial charge >= 0.3 is 0 Å². The number of pyridine rings is 1. The third kappa shape index (κ3) is 3.09. The molecule has 0 aliphatic carbocycles. The minimum absolute atomic E-state index is 0.266. The number of anilines is 1.